The van der Waals surface area contributed by atoms with E-state index in [0.29, 0.717) is 29.3 Å². The van der Waals surface area contributed by atoms with Crippen LogP contribution in [0, 0.1) is 0 Å². The van der Waals surface area contributed by atoms with Crippen molar-refractivity contribution < 1.29 is 14.3 Å². The second-order valence-electron chi connectivity index (χ2n) is 7.36. The first-order chi connectivity index (χ1) is 15.2. The van der Waals surface area contributed by atoms with Gasteiger partial charge in [-0.15, -0.1) is 11.3 Å². The fourth-order valence-electron chi connectivity index (χ4n) is 3.51. The average molecular weight is 436 g/mol. The van der Waals surface area contributed by atoms with Crippen LogP contribution in [0.3, 0.4) is 0 Å². The standard InChI is InChI=1S/C24H25N3O3S/c28-23(19-8-10-20(11-9-19)25-24(29)22-7-4-16-31-22)26-21(18-5-2-1-3-6-18)17-27-12-14-30-15-13-27/h1-11,16,21H,12-15,17H2,(H,25,29)(H,26,28)/t21-/m1/s1. The number of amides is 2. The Labute approximate surface area is 185 Å². The molecule has 0 unspecified atom stereocenters. The molecule has 1 aliphatic heterocycles. The van der Waals surface area contributed by atoms with Gasteiger partial charge in [0.15, 0.2) is 0 Å². The Hall–Kier alpha value is -3.00. The topological polar surface area (TPSA) is 70.7 Å². The van der Waals surface area contributed by atoms with Gasteiger partial charge in [-0.3, -0.25) is 14.5 Å². The van der Waals surface area contributed by atoms with E-state index in [2.05, 4.69) is 15.5 Å². The van der Waals surface area contributed by atoms with Crippen molar-refractivity contribution in [2.24, 2.45) is 0 Å². The molecule has 0 radical (unpaired) electrons. The third-order valence-corrected chi connectivity index (χ3v) is 6.07. The Morgan fingerprint density at radius 1 is 0.935 bits per heavy atom. The fraction of sp³-hybridized carbons (Fsp3) is 0.250. The molecule has 2 amide bonds. The molecule has 160 valence electrons. The Morgan fingerprint density at radius 2 is 1.68 bits per heavy atom. The summed E-state index contributed by atoms with van der Waals surface area (Å²) < 4.78 is 5.44. The van der Waals surface area contributed by atoms with Gasteiger partial charge in [-0.25, -0.2) is 0 Å². The van der Waals surface area contributed by atoms with Crippen LogP contribution >= 0.6 is 11.3 Å². The molecule has 2 aromatic carbocycles. The predicted molar refractivity (Wildman–Crippen MR) is 123 cm³/mol. The van der Waals surface area contributed by atoms with Gasteiger partial charge in [0.1, 0.15) is 0 Å². The van der Waals surface area contributed by atoms with E-state index in [0.717, 1.165) is 25.2 Å². The third-order valence-electron chi connectivity index (χ3n) is 5.20. The highest BCUT2D eigenvalue weighted by Gasteiger charge is 2.20. The van der Waals surface area contributed by atoms with Crippen LogP contribution in [0.1, 0.15) is 31.6 Å². The number of nitrogens with zero attached hydrogens (tertiary/aromatic N) is 1. The van der Waals surface area contributed by atoms with Crippen molar-refractivity contribution in [2.45, 2.75) is 6.04 Å². The number of carbonyl (C=O) groups is 2. The Balaban J connectivity index is 1.42. The zero-order chi connectivity index (χ0) is 21.5. The van der Waals surface area contributed by atoms with Crippen LogP contribution < -0.4 is 10.6 Å². The van der Waals surface area contributed by atoms with E-state index in [-0.39, 0.29) is 17.9 Å². The zero-order valence-corrected chi connectivity index (χ0v) is 17.9. The minimum absolute atomic E-state index is 0.120. The number of carbonyl (C=O) groups excluding carboxylic acids is 2. The van der Waals surface area contributed by atoms with Gasteiger partial charge in [-0.05, 0) is 41.3 Å². The lowest BCUT2D eigenvalue weighted by atomic mass is 10.1. The van der Waals surface area contributed by atoms with Crippen LogP contribution in [0.5, 0.6) is 0 Å². The number of hydrogen-bond donors (Lipinski definition) is 2. The van der Waals surface area contributed by atoms with Crippen LogP contribution in [0.2, 0.25) is 0 Å². The molecule has 2 heterocycles. The van der Waals surface area contributed by atoms with Gasteiger partial charge < -0.3 is 15.4 Å². The number of benzene rings is 2. The normalized spacial score (nSPS) is 15.2. The van der Waals surface area contributed by atoms with Crippen molar-refractivity contribution in [1.29, 1.82) is 0 Å². The number of ether oxygens (including phenoxy) is 1. The lowest BCUT2D eigenvalue weighted by molar-refractivity contribution is 0.0332. The fourth-order valence-corrected chi connectivity index (χ4v) is 4.13. The number of morpholine rings is 1. The van der Waals surface area contributed by atoms with Gasteiger partial charge in [-0.2, -0.15) is 0 Å². The lowest BCUT2D eigenvalue weighted by Crippen LogP contribution is -2.43. The number of hydrogen-bond acceptors (Lipinski definition) is 5. The maximum atomic E-state index is 13.0. The minimum atomic E-state index is -0.151. The van der Waals surface area contributed by atoms with Crippen molar-refractivity contribution in [3.05, 3.63) is 88.1 Å². The molecule has 3 aromatic rings. The third kappa shape index (κ3) is 5.79. The number of anilines is 1. The summed E-state index contributed by atoms with van der Waals surface area (Å²) in [5, 5.41) is 7.89. The second-order valence-corrected chi connectivity index (χ2v) is 8.31. The maximum absolute atomic E-state index is 13.0. The first-order valence-corrected chi connectivity index (χ1v) is 11.2. The van der Waals surface area contributed by atoms with E-state index in [4.69, 9.17) is 4.74 Å². The summed E-state index contributed by atoms with van der Waals surface area (Å²) in [6.45, 7) is 3.88. The summed E-state index contributed by atoms with van der Waals surface area (Å²) in [7, 11) is 0. The van der Waals surface area contributed by atoms with E-state index in [9.17, 15) is 9.59 Å². The van der Waals surface area contributed by atoms with Gasteiger partial charge in [0, 0.05) is 30.9 Å². The van der Waals surface area contributed by atoms with Gasteiger partial charge >= 0.3 is 0 Å². The van der Waals surface area contributed by atoms with Crippen LogP contribution in [0.4, 0.5) is 5.69 Å². The molecule has 0 bridgehead atoms. The first-order valence-electron chi connectivity index (χ1n) is 10.3. The number of rotatable bonds is 7. The largest absolute Gasteiger partial charge is 0.379 e. The highest BCUT2D eigenvalue weighted by molar-refractivity contribution is 7.12. The molecular weight excluding hydrogens is 410 g/mol. The van der Waals surface area contributed by atoms with Gasteiger partial charge in [0.05, 0.1) is 24.1 Å². The maximum Gasteiger partial charge on any atom is 0.265 e. The van der Waals surface area contributed by atoms with Crippen LogP contribution in [-0.2, 0) is 4.74 Å². The van der Waals surface area contributed by atoms with E-state index in [1.807, 2.05) is 41.8 Å². The summed E-state index contributed by atoms with van der Waals surface area (Å²) in [4.78, 5) is 28.1. The molecule has 0 spiro atoms. The van der Waals surface area contributed by atoms with E-state index in [1.54, 1.807) is 30.3 Å². The monoisotopic (exact) mass is 435 g/mol. The summed E-state index contributed by atoms with van der Waals surface area (Å²) >= 11 is 1.39. The predicted octanol–water partition coefficient (Wildman–Crippen LogP) is 3.80. The van der Waals surface area contributed by atoms with Crippen molar-refractivity contribution in [3.63, 3.8) is 0 Å². The van der Waals surface area contributed by atoms with Crippen LogP contribution in [-0.4, -0.2) is 49.6 Å². The highest BCUT2D eigenvalue weighted by atomic mass is 32.1. The smallest absolute Gasteiger partial charge is 0.265 e. The molecule has 1 aliphatic rings. The molecule has 0 aliphatic carbocycles. The van der Waals surface area contributed by atoms with Gasteiger partial charge in [-0.1, -0.05) is 36.4 Å². The average Bonchev–Trinajstić information content (AvgIpc) is 3.36. The lowest BCUT2D eigenvalue weighted by Gasteiger charge is -2.31. The molecule has 2 N–H and O–H groups in total. The molecule has 0 saturated carbocycles. The summed E-state index contributed by atoms with van der Waals surface area (Å²) in [6, 6.07) is 20.5. The van der Waals surface area contributed by atoms with E-state index in [1.165, 1.54) is 11.3 Å². The number of nitrogens with one attached hydrogen (secondary N) is 2. The Bertz CT molecular complexity index is 985. The zero-order valence-electron chi connectivity index (χ0n) is 17.1. The molecule has 6 nitrogen and oxygen atoms in total. The first kappa shape index (κ1) is 21.2. The van der Waals surface area contributed by atoms with Crippen LogP contribution in [0.15, 0.2) is 72.1 Å². The Kier molecular flexibility index (Phi) is 7.09. The van der Waals surface area contributed by atoms with Crippen molar-refractivity contribution >= 4 is 28.8 Å². The van der Waals surface area contributed by atoms with Crippen molar-refractivity contribution in [2.75, 3.05) is 38.2 Å². The SMILES string of the molecule is O=C(N[C@H](CN1CCOCC1)c1ccccc1)c1ccc(NC(=O)c2cccs2)cc1. The minimum Gasteiger partial charge on any atom is -0.379 e. The summed E-state index contributed by atoms with van der Waals surface area (Å²) in [5.74, 6) is -0.292. The van der Waals surface area contributed by atoms with E-state index >= 15 is 0 Å². The summed E-state index contributed by atoms with van der Waals surface area (Å²) in [5.41, 5.74) is 2.28. The molecule has 1 aromatic heterocycles. The van der Waals surface area contributed by atoms with Gasteiger partial charge in [0.2, 0.25) is 0 Å². The highest BCUT2D eigenvalue weighted by Crippen LogP contribution is 2.18. The molecular formula is C24H25N3O3S. The summed E-state index contributed by atoms with van der Waals surface area (Å²) in [6.07, 6.45) is 0. The number of thiophene rings is 1. The molecule has 4 rings (SSSR count). The molecule has 1 atom stereocenters. The van der Waals surface area contributed by atoms with Crippen LogP contribution in [0.25, 0.3) is 0 Å². The molecule has 7 heteroatoms. The van der Waals surface area contributed by atoms with Crippen molar-refractivity contribution in [1.82, 2.24) is 10.2 Å². The van der Waals surface area contributed by atoms with Gasteiger partial charge in [0.25, 0.3) is 11.8 Å². The molecule has 1 fully saturated rings. The Morgan fingerprint density at radius 3 is 2.35 bits per heavy atom. The van der Waals surface area contributed by atoms with E-state index < -0.39 is 0 Å². The van der Waals surface area contributed by atoms with Crippen molar-refractivity contribution in [3.8, 4) is 0 Å². The molecule has 31 heavy (non-hydrogen) atoms. The quantitative estimate of drug-likeness (QED) is 0.592. The second kappa shape index (κ2) is 10.3. The molecule has 1 saturated heterocycles.